The molecule has 3 N–H and O–H groups in total. The summed E-state index contributed by atoms with van der Waals surface area (Å²) in [6.45, 7) is 4.94. The number of aromatic nitrogens is 3. The van der Waals surface area contributed by atoms with Gasteiger partial charge in [0.15, 0.2) is 0 Å². The molecule has 1 unspecified atom stereocenters. The van der Waals surface area contributed by atoms with Crippen LogP contribution in [0, 0.1) is 5.92 Å². The smallest absolute Gasteiger partial charge is 0.319 e. The maximum absolute atomic E-state index is 12.9. The van der Waals surface area contributed by atoms with Gasteiger partial charge in [-0.3, -0.25) is 9.67 Å². The first-order valence-corrected chi connectivity index (χ1v) is 13.6. The summed E-state index contributed by atoms with van der Waals surface area (Å²) >= 11 is 0. The third-order valence-electron chi connectivity index (χ3n) is 9.13. The maximum Gasteiger partial charge on any atom is 0.319 e. The number of carbonyl (C=O) groups is 2. The second-order valence-corrected chi connectivity index (χ2v) is 11.4. The van der Waals surface area contributed by atoms with Gasteiger partial charge in [-0.25, -0.2) is 9.59 Å². The van der Waals surface area contributed by atoms with Gasteiger partial charge in [0.2, 0.25) is 0 Å². The van der Waals surface area contributed by atoms with Crippen LogP contribution in [0.5, 0.6) is 0 Å². The van der Waals surface area contributed by atoms with E-state index in [1.54, 1.807) is 0 Å². The first-order chi connectivity index (χ1) is 18.0. The van der Waals surface area contributed by atoms with Crippen LogP contribution in [0.25, 0.3) is 22.2 Å². The van der Waals surface area contributed by atoms with Gasteiger partial charge >= 0.3 is 12.1 Å². The van der Waals surface area contributed by atoms with E-state index in [1.165, 1.54) is 12.1 Å². The summed E-state index contributed by atoms with van der Waals surface area (Å²) in [7, 11) is 0. The molecule has 37 heavy (non-hydrogen) atoms. The molecule has 0 radical (unpaired) electrons. The van der Waals surface area contributed by atoms with Crippen molar-refractivity contribution in [3.05, 3.63) is 42.2 Å². The number of pyridine rings is 1. The molecule has 5 aliphatic rings. The topological polar surface area (TPSA) is 104 Å². The second kappa shape index (κ2) is 8.19. The van der Waals surface area contributed by atoms with Gasteiger partial charge in [-0.2, -0.15) is 5.10 Å². The van der Waals surface area contributed by atoms with Crippen molar-refractivity contribution < 1.29 is 9.59 Å². The molecular weight excluding hydrogens is 466 g/mol. The summed E-state index contributed by atoms with van der Waals surface area (Å²) in [4.78, 5) is 31.9. The number of likely N-dealkylation sites (tertiary alicyclic amines) is 1. The van der Waals surface area contributed by atoms with E-state index in [-0.39, 0.29) is 23.0 Å². The molecule has 4 heterocycles. The van der Waals surface area contributed by atoms with Crippen molar-refractivity contribution in [2.75, 3.05) is 25.0 Å². The van der Waals surface area contributed by atoms with Crippen LogP contribution in [0.4, 0.5) is 15.3 Å². The van der Waals surface area contributed by atoms with Gasteiger partial charge in [0.05, 0.1) is 16.9 Å². The molecule has 3 aliphatic carbocycles. The summed E-state index contributed by atoms with van der Waals surface area (Å²) in [6, 6.07) is 9.94. The van der Waals surface area contributed by atoms with Crippen LogP contribution in [-0.2, 0) is 12.0 Å². The van der Waals surface area contributed by atoms with Crippen LogP contribution in [0.2, 0.25) is 0 Å². The number of anilines is 1. The number of amides is 4. The number of benzene rings is 1. The van der Waals surface area contributed by atoms with Crippen molar-refractivity contribution in [2.45, 2.75) is 62.9 Å². The maximum atomic E-state index is 12.9. The van der Waals surface area contributed by atoms with Gasteiger partial charge in [0, 0.05) is 60.0 Å². The van der Waals surface area contributed by atoms with Gasteiger partial charge in [-0.15, -0.1) is 0 Å². The lowest BCUT2D eigenvalue weighted by molar-refractivity contribution is 0.188. The van der Waals surface area contributed by atoms with Gasteiger partial charge in [0.1, 0.15) is 0 Å². The van der Waals surface area contributed by atoms with Crippen LogP contribution in [0.1, 0.15) is 51.1 Å². The SMILES string of the molecule is CCNC(=O)N1CCC2(CCn3nc(-c4cnc5cccc(NC(=O)NC67CCC(C6)C7)c5c4)cc32)C1. The molecule has 9 nitrogen and oxygen atoms in total. The van der Waals surface area contributed by atoms with Crippen LogP contribution >= 0.6 is 0 Å². The Morgan fingerprint density at radius 3 is 2.81 bits per heavy atom. The molecule has 9 heteroatoms. The van der Waals surface area contributed by atoms with Crippen LogP contribution in [0.15, 0.2) is 36.5 Å². The predicted octanol–water partition coefficient (Wildman–Crippen LogP) is 4.24. The van der Waals surface area contributed by atoms with E-state index in [2.05, 4.69) is 32.8 Å². The van der Waals surface area contributed by atoms with Crippen molar-refractivity contribution in [3.8, 4) is 11.3 Å². The number of hydrogen-bond donors (Lipinski definition) is 3. The molecule has 2 bridgehead atoms. The lowest BCUT2D eigenvalue weighted by atomic mass is 9.77. The van der Waals surface area contributed by atoms with E-state index >= 15 is 0 Å². The number of hydrogen-bond acceptors (Lipinski definition) is 4. The third-order valence-corrected chi connectivity index (χ3v) is 9.13. The Morgan fingerprint density at radius 2 is 2.00 bits per heavy atom. The summed E-state index contributed by atoms with van der Waals surface area (Å²) < 4.78 is 2.10. The number of rotatable bonds is 4. The minimum Gasteiger partial charge on any atom is -0.338 e. The highest BCUT2D eigenvalue weighted by molar-refractivity contribution is 6.01. The van der Waals surface area contributed by atoms with Crippen molar-refractivity contribution >= 4 is 28.7 Å². The summed E-state index contributed by atoms with van der Waals surface area (Å²) in [6.07, 6.45) is 8.34. The van der Waals surface area contributed by atoms with Gasteiger partial charge in [0.25, 0.3) is 0 Å². The molecule has 1 saturated heterocycles. The molecule has 2 aliphatic heterocycles. The molecule has 3 aromatic rings. The van der Waals surface area contributed by atoms with Crippen molar-refractivity contribution in [2.24, 2.45) is 5.92 Å². The minimum absolute atomic E-state index is 0.00271. The lowest BCUT2D eigenvalue weighted by Crippen LogP contribution is -2.53. The quantitative estimate of drug-likeness (QED) is 0.499. The van der Waals surface area contributed by atoms with Crippen LogP contribution < -0.4 is 16.0 Å². The van der Waals surface area contributed by atoms with E-state index in [4.69, 9.17) is 10.1 Å². The summed E-state index contributed by atoms with van der Waals surface area (Å²) in [5, 5.41) is 15.1. The molecule has 1 aromatic carbocycles. The highest BCUT2D eigenvalue weighted by atomic mass is 16.2. The monoisotopic (exact) mass is 499 g/mol. The normalized spacial score (nSPS) is 27.4. The second-order valence-electron chi connectivity index (χ2n) is 11.4. The fraction of sp³-hybridized carbons (Fsp3) is 0.500. The van der Waals surface area contributed by atoms with E-state index in [9.17, 15) is 9.59 Å². The number of carbonyl (C=O) groups excluding carboxylic acids is 2. The highest BCUT2D eigenvalue weighted by Crippen LogP contribution is 2.51. The first kappa shape index (κ1) is 22.6. The van der Waals surface area contributed by atoms with Gasteiger partial charge in [-0.1, -0.05) is 6.07 Å². The lowest BCUT2D eigenvalue weighted by Gasteiger charge is -2.39. The van der Waals surface area contributed by atoms with Crippen molar-refractivity contribution in [1.82, 2.24) is 30.3 Å². The van der Waals surface area contributed by atoms with E-state index in [0.29, 0.717) is 6.54 Å². The molecule has 4 fully saturated rings. The van der Waals surface area contributed by atoms with Crippen LogP contribution in [-0.4, -0.2) is 56.9 Å². The molecule has 2 aromatic heterocycles. The Hall–Kier alpha value is -3.62. The fourth-order valence-electron chi connectivity index (χ4n) is 7.22. The number of nitrogens with zero attached hydrogens (tertiary/aromatic N) is 4. The standard InChI is InChI=1S/C28H33N7O2/c1-2-29-26(37)34-10-8-27(17-34)9-11-35-24(27)13-23(33-35)19-12-20-21(30-16-19)4-3-5-22(20)31-25(36)32-28-7-6-18(14-28)15-28/h3-5,12-13,16,18H,2,6-11,14-15,17H2,1H3,(H,29,37)(H2,31,32,36). The number of aryl methyl sites for hydroxylation is 1. The molecule has 8 rings (SSSR count). The van der Waals surface area contributed by atoms with Crippen LogP contribution in [0.3, 0.4) is 0 Å². The zero-order chi connectivity index (χ0) is 25.2. The summed E-state index contributed by atoms with van der Waals surface area (Å²) in [5.74, 6) is 0.793. The number of nitrogens with one attached hydrogen (secondary N) is 3. The Kier molecular flexibility index (Phi) is 5.00. The Labute approximate surface area is 216 Å². The zero-order valence-electron chi connectivity index (χ0n) is 21.2. The van der Waals surface area contributed by atoms with E-state index in [0.717, 1.165) is 85.5 Å². The molecule has 4 amide bonds. The van der Waals surface area contributed by atoms with E-state index in [1.807, 2.05) is 36.2 Å². The fourth-order valence-corrected chi connectivity index (χ4v) is 7.22. The average molecular weight is 500 g/mol. The Bertz CT molecular complexity index is 1400. The number of fused-ring (bicyclic) bond motifs is 4. The summed E-state index contributed by atoms with van der Waals surface area (Å²) in [5.41, 5.74) is 4.56. The van der Waals surface area contributed by atoms with Gasteiger partial charge < -0.3 is 20.9 Å². The van der Waals surface area contributed by atoms with Crippen molar-refractivity contribution in [1.29, 1.82) is 0 Å². The third kappa shape index (κ3) is 3.66. The predicted molar refractivity (Wildman–Crippen MR) is 141 cm³/mol. The number of urea groups is 2. The first-order valence-electron chi connectivity index (χ1n) is 13.6. The highest BCUT2D eigenvalue weighted by Gasteiger charge is 2.51. The average Bonchev–Trinajstić information content (AvgIpc) is 3.68. The Morgan fingerprint density at radius 1 is 1.14 bits per heavy atom. The van der Waals surface area contributed by atoms with Crippen molar-refractivity contribution in [3.63, 3.8) is 0 Å². The molecule has 3 saturated carbocycles. The van der Waals surface area contributed by atoms with E-state index < -0.39 is 0 Å². The Balaban J connectivity index is 1.14. The minimum atomic E-state index is -0.140. The van der Waals surface area contributed by atoms with Gasteiger partial charge in [-0.05, 0) is 75.6 Å². The molecule has 1 atom stereocenters. The molecule has 1 spiro atoms. The zero-order valence-corrected chi connectivity index (χ0v) is 21.2. The largest absolute Gasteiger partial charge is 0.338 e. The molecule has 192 valence electrons. The molecular formula is C28H33N7O2.